The van der Waals surface area contributed by atoms with Gasteiger partial charge in [0.1, 0.15) is 0 Å². The van der Waals surface area contributed by atoms with Gasteiger partial charge >= 0.3 is 0 Å². The molecule has 1 radical (unpaired) electrons. The van der Waals surface area contributed by atoms with Crippen LogP contribution in [-0.4, -0.2) is 15.9 Å². The van der Waals surface area contributed by atoms with Crippen molar-refractivity contribution in [3.63, 3.8) is 0 Å². The molecule has 1 heterocycles. The maximum atomic E-state index is 10.0. The van der Waals surface area contributed by atoms with E-state index in [4.69, 9.17) is 10.1 Å². The molecule has 1 aliphatic rings. The topological polar surface area (TPSA) is 50.2 Å². The van der Waals surface area contributed by atoms with Crippen LogP contribution in [0.15, 0.2) is 90.7 Å². The van der Waals surface area contributed by atoms with Crippen molar-refractivity contribution in [2.45, 2.75) is 53.9 Å². The molecule has 6 rings (SSSR count). The van der Waals surface area contributed by atoms with Gasteiger partial charge in [-0.3, -0.25) is 9.78 Å². The van der Waals surface area contributed by atoms with Crippen LogP contribution < -0.4 is 0 Å². The molecule has 1 aromatic heterocycles. The second-order valence-electron chi connectivity index (χ2n) is 11.6. The molecule has 3 nitrogen and oxygen atoms in total. The predicted octanol–water partition coefficient (Wildman–Crippen LogP) is 9.64. The average molecular weight is 731 g/mol. The van der Waals surface area contributed by atoms with E-state index in [9.17, 15) is 4.79 Å². The largest absolute Gasteiger partial charge is 0.512 e. The summed E-state index contributed by atoms with van der Waals surface area (Å²) in [5.74, 6) is -0.0625. The number of rotatable bonds is 3. The number of hydrogen-bond acceptors (Lipinski definition) is 3. The van der Waals surface area contributed by atoms with Crippen LogP contribution in [-0.2, 0) is 30.3 Å². The number of hydrogen-bond donors (Lipinski definition) is 1. The van der Waals surface area contributed by atoms with Crippen LogP contribution in [0.4, 0.5) is 0 Å². The normalized spacial score (nSPS) is 13.0. The first-order chi connectivity index (χ1) is 19.5. The molecule has 5 aromatic rings. The first-order valence-corrected chi connectivity index (χ1v) is 14.0. The number of carbonyl (C=O) groups is 1. The van der Waals surface area contributed by atoms with Crippen LogP contribution in [0, 0.1) is 26.8 Å². The molecular formula is C38H36IrNO2-. The van der Waals surface area contributed by atoms with E-state index >= 15 is 0 Å². The van der Waals surface area contributed by atoms with Crippen molar-refractivity contribution in [2.24, 2.45) is 0 Å². The van der Waals surface area contributed by atoms with Crippen molar-refractivity contribution in [2.75, 3.05) is 0 Å². The molecular weight excluding hydrogens is 695 g/mol. The van der Waals surface area contributed by atoms with E-state index < -0.39 is 0 Å². The number of aliphatic hydroxyl groups excluding tert-OH is 1. The molecule has 42 heavy (non-hydrogen) atoms. The molecule has 4 aromatic carbocycles. The monoisotopic (exact) mass is 731 g/mol. The zero-order valence-electron chi connectivity index (χ0n) is 25.2. The molecule has 215 valence electrons. The Labute approximate surface area is 262 Å². The third-order valence-corrected chi connectivity index (χ3v) is 8.04. The molecule has 0 fully saturated rings. The Balaban J connectivity index is 0.000000454. The molecule has 0 atom stereocenters. The van der Waals surface area contributed by atoms with Crippen LogP contribution in [0.25, 0.3) is 44.4 Å². The number of carbonyl (C=O) groups excluding carboxylic acids is 1. The molecule has 4 heteroatoms. The van der Waals surface area contributed by atoms with Crippen molar-refractivity contribution in [1.29, 1.82) is 0 Å². The molecule has 0 bridgehead atoms. The standard InChI is InChI=1S/C33H28N.C5H8O2.Ir/c1-20-10-8-12-23(16-20)26-18-31(24-14-9-11-21(2)22(24)3)34-32-19-30-27(17-28(26)32)25-13-6-7-15-29(25)33(30,4)5;1-4(6)3-5(2)7;/h6-13,15-19H,1-5H3;3,6H,1-2H3;/q-1;;/b;4-3-;. The number of pyridine rings is 1. The summed E-state index contributed by atoms with van der Waals surface area (Å²) in [7, 11) is 0. The Hall–Kier alpha value is -3.85. The molecule has 0 saturated carbocycles. The first-order valence-electron chi connectivity index (χ1n) is 14.0. The number of aryl methyl sites for hydroxylation is 2. The fourth-order valence-corrected chi connectivity index (χ4v) is 5.84. The summed E-state index contributed by atoms with van der Waals surface area (Å²) in [5, 5.41) is 9.56. The Morgan fingerprint density at radius 3 is 2.26 bits per heavy atom. The molecule has 0 spiro atoms. The van der Waals surface area contributed by atoms with Gasteiger partial charge in [-0.15, -0.1) is 34.9 Å². The number of aliphatic hydroxyl groups is 1. The van der Waals surface area contributed by atoms with Gasteiger partial charge in [-0.25, -0.2) is 0 Å². The van der Waals surface area contributed by atoms with E-state index in [-0.39, 0.29) is 37.1 Å². The van der Waals surface area contributed by atoms with Crippen molar-refractivity contribution in [3.8, 4) is 33.5 Å². The van der Waals surface area contributed by atoms with Crippen molar-refractivity contribution in [3.05, 3.63) is 125 Å². The molecule has 0 amide bonds. The average Bonchev–Trinajstić information content (AvgIpc) is 3.14. The number of nitrogens with zero attached hydrogens (tertiary/aromatic N) is 1. The summed E-state index contributed by atoms with van der Waals surface area (Å²) in [4.78, 5) is 15.2. The van der Waals surface area contributed by atoms with E-state index in [1.54, 1.807) is 0 Å². The number of aromatic nitrogens is 1. The third-order valence-electron chi connectivity index (χ3n) is 8.04. The summed E-state index contributed by atoms with van der Waals surface area (Å²) in [5.41, 5.74) is 14.7. The molecule has 0 saturated heterocycles. The van der Waals surface area contributed by atoms with Gasteiger partial charge in [0.05, 0.1) is 11.3 Å². The van der Waals surface area contributed by atoms with Crippen LogP contribution in [0.1, 0.15) is 55.5 Å². The maximum absolute atomic E-state index is 10.0. The van der Waals surface area contributed by atoms with Gasteiger partial charge in [0.15, 0.2) is 5.78 Å². The summed E-state index contributed by atoms with van der Waals surface area (Å²) in [6.07, 6.45) is 1.17. The Morgan fingerprint density at radius 2 is 1.60 bits per heavy atom. The zero-order chi connectivity index (χ0) is 29.5. The zero-order valence-corrected chi connectivity index (χ0v) is 27.6. The summed E-state index contributed by atoms with van der Waals surface area (Å²) in [6.45, 7) is 14.0. The third kappa shape index (κ3) is 5.88. The van der Waals surface area contributed by atoms with E-state index in [2.05, 4.69) is 113 Å². The van der Waals surface area contributed by atoms with Crippen molar-refractivity contribution >= 4 is 16.7 Å². The van der Waals surface area contributed by atoms with Gasteiger partial charge in [0.25, 0.3) is 0 Å². The predicted molar refractivity (Wildman–Crippen MR) is 170 cm³/mol. The van der Waals surface area contributed by atoms with Crippen molar-refractivity contribution < 1.29 is 30.0 Å². The van der Waals surface area contributed by atoms with E-state index in [1.807, 2.05) is 6.07 Å². The minimum Gasteiger partial charge on any atom is -0.512 e. The minimum atomic E-state index is -0.125. The molecule has 1 aliphatic carbocycles. The smallest absolute Gasteiger partial charge is 0.155 e. The molecule has 1 N–H and O–H groups in total. The Kier molecular flexibility index (Phi) is 9.01. The van der Waals surface area contributed by atoms with Crippen molar-refractivity contribution in [1.82, 2.24) is 4.98 Å². The SMILES string of the molecule is CC(=O)/C=C(/C)O.Cc1cccc(-c2cc(-c3[c-]ccc(C)c3C)nc3cc4c(cc23)-c2ccccc2C4(C)C)c1.[Ir]. The van der Waals surface area contributed by atoms with Gasteiger partial charge in [0.2, 0.25) is 0 Å². The summed E-state index contributed by atoms with van der Waals surface area (Å²) < 4.78 is 0. The first kappa shape index (κ1) is 31.1. The molecule has 0 unspecified atom stereocenters. The summed E-state index contributed by atoms with van der Waals surface area (Å²) >= 11 is 0. The van der Waals surface area contributed by atoms with Crippen LogP contribution >= 0.6 is 0 Å². The molecule has 0 aliphatic heterocycles. The van der Waals surface area contributed by atoms with Gasteiger partial charge < -0.3 is 5.11 Å². The van der Waals surface area contributed by atoms with Gasteiger partial charge in [-0.2, -0.15) is 0 Å². The Bertz CT molecular complexity index is 1840. The Morgan fingerprint density at radius 1 is 0.857 bits per heavy atom. The van der Waals surface area contributed by atoms with Crippen LogP contribution in [0.3, 0.4) is 0 Å². The number of fused-ring (bicyclic) bond motifs is 4. The summed E-state index contributed by atoms with van der Waals surface area (Å²) in [6, 6.07) is 32.2. The minimum absolute atomic E-state index is 0. The van der Waals surface area contributed by atoms with Crippen LogP contribution in [0.5, 0.6) is 0 Å². The fourth-order valence-electron chi connectivity index (χ4n) is 5.84. The van der Waals surface area contributed by atoms with Gasteiger partial charge in [0, 0.05) is 37.0 Å². The quantitative estimate of drug-likeness (QED) is 0.114. The second-order valence-corrected chi connectivity index (χ2v) is 11.6. The van der Waals surface area contributed by atoms with E-state index in [0.29, 0.717) is 0 Å². The van der Waals surface area contributed by atoms with Gasteiger partial charge in [-0.05, 0) is 72.0 Å². The number of benzene rings is 4. The van der Waals surface area contributed by atoms with E-state index in [0.717, 1.165) is 16.8 Å². The fraction of sp³-hybridized carbons (Fsp3) is 0.211. The van der Waals surface area contributed by atoms with Gasteiger partial charge in [-0.1, -0.05) is 87.9 Å². The number of allylic oxidation sites excluding steroid dienone is 2. The van der Waals surface area contributed by atoms with Crippen LogP contribution in [0.2, 0.25) is 0 Å². The second kappa shape index (κ2) is 12.2. The number of ketones is 1. The van der Waals surface area contributed by atoms with E-state index in [1.165, 1.54) is 75.4 Å². The maximum Gasteiger partial charge on any atom is 0.155 e.